The number of hydrogen-bond acceptors (Lipinski definition) is 15. The molecule has 11 rings (SSSR count). The van der Waals surface area contributed by atoms with Crippen molar-refractivity contribution in [1.82, 2.24) is 44.0 Å². The third-order valence-electron chi connectivity index (χ3n) is 14.9. The highest BCUT2D eigenvalue weighted by Crippen LogP contribution is 2.41. The molecule has 88 heavy (non-hydrogen) atoms. The van der Waals surface area contributed by atoms with Crippen molar-refractivity contribution in [3.63, 3.8) is 0 Å². The molecule has 0 bridgehead atoms. The van der Waals surface area contributed by atoms with E-state index in [9.17, 15) is 15.0 Å². The Morgan fingerprint density at radius 3 is 2.00 bits per heavy atom. The maximum Gasteiger partial charge on any atom is 0.350 e. The van der Waals surface area contributed by atoms with Gasteiger partial charge < -0.3 is 54.0 Å². The zero-order valence-corrected chi connectivity index (χ0v) is 52.8. The highest BCUT2D eigenvalue weighted by Gasteiger charge is 2.46. The van der Waals surface area contributed by atoms with E-state index in [1.807, 2.05) is 105 Å². The zero-order chi connectivity index (χ0) is 62.3. The summed E-state index contributed by atoms with van der Waals surface area (Å²) in [6.07, 6.45) is 9.66. The zero-order valence-electron chi connectivity index (χ0n) is 49.0. The summed E-state index contributed by atoms with van der Waals surface area (Å²) in [5, 5.41) is 42.5. The summed E-state index contributed by atoms with van der Waals surface area (Å²) in [5.41, 5.74) is 6.16. The normalized spacial score (nSPS) is 16.8. The number of phenols is 2. The lowest BCUT2D eigenvalue weighted by Crippen LogP contribution is -2.46. The van der Waals surface area contributed by atoms with Crippen LogP contribution in [0, 0.1) is 0 Å². The van der Waals surface area contributed by atoms with Crippen LogP contribution < -0.4 is 25.5 Å². The number of aromatic nitrogens is 8. The van der Waals surface area contributed by atoms with E-state index in [1.165, 1.54) is 23.1 Å². The summed E-state index contributed by atoms with van der Waals surface area (Å²) in [6, 6.07) is 39.2. The molecule has 2 fully saturated rings. The van der Waals surface area contributed by atoms with Crippen LogP contribution in [0.3, 0.4) is 0 Å². The van der Waals surface area contributed by atoms with E-state index in [0.717, 1.165) is 66.5 Å². The number of aromatic hydroxyl groups is 2. The Hall–Kier alpha value is -7.14. The molecule has 0 radical (unpaired) electrons. The molecular formula is C64H70Cl5N11O8. The summed E-state index contributed by atoms with van der Waals surface area (Å²) >= 11 is 31.0. The number of ether oxygens (including phenoxy) is 4. The van der Waals surface area contributed by atoms with Crippen molar-refractivity contribution < 1.29 is 34.3 Å². The van der Waals surface area contributed by atoms with Gasteiger partial charge in [-0.05, 0) is 122 Å². The number of nitrogens with one attached hydrogen (secondary N) is 1. The van der Waals surface area contributed by atoms with Gasteiger partial charge in [0.25, 0.3) is 0 Å². The van der Waals surface area contributed by atoms with Crippen LogP contribution in [0.15, 0.2) is 170 Å². The van der Waals surface area contributed by atoms with E-state index in [0.29, 0.717) is 75.2 Å². The highest BCUT2D eigenvalue weighted by atomic mass is 35.5. The number of imidazole rings is 1. The van der Waals surface area contributed by atoms with Crippen LogP contribution >= 0.6 is 58.0 Å². The minimum atomic E-state index is -1.16. The van der Waals surface area contributed by atoms with E-state index in [1.54, 1.807) is 58.7 Å². The molecule has 6 aromatic carbocycles. The van der Waals surface area contributed by atoms with Crippen LogP contribution in [0.4, 0.5) is 11.4 Å². The molecule has 0 amide bonds. The Kier molecular flexibility index (Phi) is 22.9. The summed E-state index contributed by atoms with van der Waals surface area (Å²) in [5.74, 6) is -0.800. The van der Waals surface area contributed by atoms with Gasteiger partial charge in [0, 0.05) is 93.8 Å². The van der Waals surface area contributed by atoms with Gasteiger partial charge in [-0.1, -0.05) is 109 Å². The highest BCUT2D eigenvalue weighted by molar-refractivity contribution is 6.35. The lowest BCUT2D eigenvalue weighted by molar-refractivity contribution is -0.190. The Labute approximate surface area is 536 Å². The molecule has 4 N–H and O–H groups in total. The van der Waals surface area contributed by atoms with Gasteiger partial charge in [-0.3, -0.25) is 0 Å². The largest absolute Gasteiger partial charge is 0.504 e. The third kappa shape index (κ3) is 17.4. The molecule has 19 nitrogen and oxygen atoms in total. The summed E-state index contributed by atoms with van der Waals surface area (Å²) in [4.78, 5) is 25.7. The summed E-state index contributed by atoms with van der Waals surface area (Å²) in [7, 11) is 0. The molecule has 5 heterocycles. The number of halogens is 5. The van der Waals surface area contributed by atoms with Crippen molar-refractivity contribution >= 4 is 69.4 Å². The first-order valence-corrected chi connectivity index (χ1v) is 30.6. The lowest BCUT2D eigenvalue weighted by atomic mass is 10.1. The monoisotopic (exact) mass is 1300 g/mol. The fourth-order valence-electron chi connectivity index (χ4n) is 9.82. The van der Waals surface area contributed by atoms with E-state index < -0.39 is 11.9 Å². The van der Waals surface area contributed by atoms with Crippen molar-refractivity contribution in [2.75, 3.05) is 55.7 Å². The minimum Gasteiger partial charge on any atom is -0.504 e. The molecule has 3 unspecified atom stereocenters. The topological polar surface area (TPSA) is 204 Å². The number of rotatable bonds is 21. The van der Waals surface area contributed by atoms with Crippen molar-refractivity contribution in [3.05, 3.63) is 223 Å². The molecular weight excluding hydrogens is 1230 g/mol. The molecule has 0 aliphatic carbocycles. The molecule has 0 saturated carbocycles. The van der Waals surface area contributed by atoms with Crippen molar-refractivity contribution in [3.8, 4) is 22.9 Å². The SMILES string of the molecule is CC(C)NCC(O)c1ccc(O)c(O)c1.CCC(C)n1ncn(-c2ccc(N3CCN(c4ccc(OC[C@H]5CO[C@](Cn6cncn6)(c6ccc(Cl)cc6Cl)O5)cc4)CC3)cc2)c1=O.Clc1ccc(COC(Cn2ccnc2)c2ccc(Cl)cc2Cl)cc1. The Morgan fingerprint density at radius 1 is 0.727 bits per heavy atom. The fraction of sp³-hybridized carbons (Fsp3) is 0.328. The molecule has 24 heteroatoms. The quantitative estimate of drug-likeness (QED) is 0.0494. The van der Waals surface area contributed by atoms with Gasteiger partial charge in [0.2, 0.25) is 5.79 Å². The van der Waals surface area contributed by atoms with Gasteiger partial charge in [0.15, 0.2) is 11.5 Å². The molecule has 2 aliphatic heterocycles. The Balaban J connectivity index is 0.000000194. The van der Waals surface area contributed by atoms with Gasteiger partial charge in [-0.25, -0.2) is 28.7 Å². The predicted molar refractivity (Wildman–Crippen MR) is 344 cm³/mol. The van der Waals surface area contributed by atoms with Gasteiger partial charge >= 0.3 is 5.69 Å². The standard InChI is InChI=1S/C35H38Cl2N8O4.C18H15Cl3N2O.C11H17NO3/c1-3-25(2)45-34(46)44(24-40-45)29-7-5-27(6-8-29)41-14-16-42(17-15-41)28-9-11-30(12-10-28)47-19-31-20-48-35(49-31,21-43-23-38-22-39-43)32-13-4-26(36)18-33(32)37;19-14-3-1-13(2-4-14)11-24-18(10-23-8-7-22-12-23)16-6-5-15(20)9-17(16)21;1-7(2)12-6-11(15)8-3-4-9(13)10(14)5-8/h4-13,18,22-25,31H,3,14-17,19-21H2,1-2H3;1-9,12,18H,10-11H2;3-5,7,11-15H,6H2,1-2H3/t25?,31-,35-;;/m0../s1. The van der Waals surface area contributed by atoms with Crippen LogP contribution in [-0.4, -0.2) is 112 Å². The predicted octanol–water partition coefficient (Wildman–Crippen LogP) is 12.5. The van der Waals surface area contributed by atoms with Crippen LogP contribution in [-0.2, 0) is 39.7 Å². The number of nitrogens with zero attached hydrogens (tertiary/aromatic N) is 10. The van der Waals surface area contributed by atoms with Crippen molar-refractivity contribution in [2.24, 2.45) is 0 Å². The smallest absolute Gasteiger partial charge is 0.350 e. The van der Waals surface area contributed by atoms with Crippen molar-refractivity contribution in [2.45, 2.75) is 90.0 Å². The average Bonchev–Trinajstić information content (AvgIpc) is 2.43. The first-order valence-electron chi connectivity index (χ1n) is 28.7. The second-order valence-electron chi connectivity index (χ2n) is 21.5. The molecule has 464 valence electrons. The summed E-state index contributed by atoms with van der Waals surface area (Å²) in [6.45, 7) is 13.9. The number of piperazine rings is 1. The maximum absolute atomic E-state index is 12.8. The third-order valence-corrected chi connectivity index (χ3v) is 16.2. The number of hydrogen-bond donors (Lipinski definition) is 4. The summed E-state index contributed by atoms with van der Waals surface area (Å²) < 4.78 is 31.7. The molecule has 0 spiro atoms. The second-order valence-corrected chi connectivity index (χ2v) is 23.6. The number of anilines is 2. The van der Waals surface area contributed by atoms with Crippen molar-refractivity contribution in [1.29, 1.82) is 0 Å². The van der Waals surface area contributed by atoms with Crippen LogP contribution in [0.5, 0.6) is 17.2 Å². The van der Waals surface area contributed by atoms with Crippen LogP contribution in [0.1, 0.15) is 74.6 Å². The maximum atomic E-state index is 12.8. The Bertz CT molecular complexity index is 3680. The minimum absolute atomic E-state index is 0.0645. The van der Waals surface area contributed by atoms with Gasteiger partial charge in [0.05, 0.1) is 48.9 Å². The number of aliphatic hydroxyl groups excluding tert-OH is 1. The van der Waals surface area contributed by atoms with Crippen LogP contribution in [0.25, 0.3) is 5.69 Å². The number of phenolic OH excluding ortho intramolecular Hbond substituents is 2. The van der Waals surface area contributed by atoms with E-state index in [2.05, 4.69) is 59.5 Å². The van der Waals surface area contributed by atoms with E-state index in [-0.39, 0.29) is 42.0 Å². The molecule has 3 aromatic heterocycles. The van der Waals surface area contributed by atoms with Crippen LogP contribution in [0.2, 0.25) is 25.1 Å². The van der Waals surface area contributed by atoms with Gasteiger partial charge in [-0.2, -0.15) is 10.2 Å². The first-order chi connectivity index (χ1) is 42.4. The number of benzene rings is 6. The molecule has 5 atom stereocenters. The second kappa shape index (κ2) is 30.9. The molecule has 2 aliphatic rings. The van der Waals surface area contributed by atoms with Gasteiger partial charge in [0.1, 0.15) is 50.1 Å². The molecule has 9 aromatic rings. The first kappa shape index (κ1) is 65.3. The van der Waals surface area contributed by atoms with E-state index >= 15 is 0 Å². The lowest BCUT2D eigenvalue weighted by Gasteiger charge is -2.37. The fourth-order valence-corrected chi connectivity index (χ4v) is 11.0. The van der Waals surface area contributed by atoms with E-state index in [4.69, 9.17) is 82.1 Å². The average molecular weight is 1300 g/mol. The number of aliphatic hydroxyl groups is 1. The van der Waals surface area contributed by atoms with Gasteiger partial charge in [-0.15, -0.1) is 0 Å². The Morgan fingerprint density at radius 2 is 1.39 bits per heavy atom. The molecule has 2 saturated heterocycles.